The van der Waals surface area contributed by atoms with Crippen molar-refractivity contribution in [1.82, 2.24) is 20.0 Å². The van der Waals surface area contributed by atoms with Gasteiger partial charge in [0.05, 0.1) is 0 Å². The number of likely N-dealkylation sites (N-methyl/N-ethyl adjacent to an activating group) is 1. The van der Waals surface area contributed by atoms with E-state index in [1.807, 2.05) is 12.1 Å². The van der Waals surface area contributed by atoms with Crippen molar-refractivity contribution in [2.75, 3.05) is 26.2 Å². The second-order valence-electron chi connectivity index (χ2n) is 6.52. The Morgan fingerprint density at radius 3 is 2.50 bits per heavy atom. The number of nitrogens with one attached hydrogen (secondary N) is 1. The van der Waals surface area contributed by atoms with Gasteiger partial charge in [0.15, 0.2) is 6.73 Å². The molecule has 0 radical (unpaired) electrons. The maximum atomic E-state index is 12.1. The largest absolute Gasteiger partial charge is 0.471 e. The topological polar surface area (TPSA) is 59.4 Å². The van der Waals surface area contributed by atoms with Gasteiger partial charge in [0.2, 0.25) is 0 Å². The summed E-state index contributed by atoms with van der Waals surface area (Å²) in [5, 5.41) is 7.18. The number of ether oxygens (including phenoxy) is 1. The molecule has 2 aromatic rings. The molecule has 1 aromatic carbocycles. The molecule has 0 unspecified atom stereocenters. The summed E-state index contributed by atoms with van der Waals surface area (Å²) in [6.07, 6.45) is 1.75. The Balaban J connectivity index is 1.80. The minimum atomic E-state index is -0.155. The van der Waals surface area contributed by atoms with Crippen molar-refractivity contribution in [2.45, 2.75) is 40.3 Å². The Kier molecular flexibility index (Phi) is 7.66. The molecule has 0 saturated heterocycles. The van der Waals surface area contributed by atoms with E-state index >= 15 is 0 Å². The fourth-order valence-corrected chi connectivity index (χ4v) is 2.60. The molecule has 6 nitrogen and oxygen atoms in total. The highest BCUT2D eigenvalue weighted by Gasteiger charge is 2.10. The molecule has 1 heterocycles. The normalized spacial score (nSPS) is 11.2. The predicted octanol–water partition coefficient (Wildman–Crippen LogP) is 3.11. The Morgan fingerprint density at radius 2 is 1.88 bits per heavy atom. The number of nitrogens with zero attached hydrogens (tertiary/aromatic N) is 3. The first kappa shape index (κ1) is 20.0. The van der Waals surface area contributed by atoms with Crippen LogP contribution in [-0.4, -0.2) is 46.8 Å². The Bertz CT molecular complexity index is 675. The summed E-state index contributed by atoms with van der Waals surface area (Å²) in [7, 11) is 0. The highest BCUT2D eigenvalue weighted by Crippen LogP contribution is 2.18. The van der Waals surface area contributed by atoms with E-state index in [2.05, 4.69) is 55.1 Å². The van der Waals surface area contributed by atoms with E-state index in [4.69, 9.17) is 4.74 Å². The number of carbonyl (C=O) groups is 1. The molecule has 1 N–H and O–H groups in total. The van der Waals surface area contributed by atoms with Crippen molar-refractivity contribution < 1.29 is 9.53 Å². The second kappa shape index (κ2) is 9.97. The van der Waals surface area contributed by atoms with Gasteiger partial charge in [0.1, 0.15) is 11.4 Å². The van der Waals surface area contributed by atoms with Crippen molar-refractivity contribution in [2.24, 2.45) is 0 Å². The number of aromatic nitrogens is 2. The molecule has 1 aromatic heterocycles. The van der Waals surface area contributed by atoms with Gasteiger partial charge in [0.25, 0.3) is 5.91 Å². The molecule has 1 amide bonds. The summed E-state index contributed by atoms with van der Waals surface area (Å²) in [6.45, 7) is 12.2. The zero-order valence-corrected chi connectivity index (χ0v) is 16.2. The molecule has 2 rings (SSSR count). The van der Waals surface area contributed by atoms with E-state index in [1.165, 1.54) is 5.56 Å². The minimum Gasteiger partial charge on any atom is -0.471 e. The highest BCUT2D eigenvalue weighted by molar-refractivity contribution is 5.92. The van der Waals surface area contributed by atoms with Crippen LogP contribution in [0.25, 0.3) is 0 Å². The molecular formula is C20H30N4O2. The van der Waals surface area contributed by atoms with Crippen LogP contribution in [0.2, 0.25) is 0 Å². The third-order valence-electron chi connectivity index (χ3n) is 4.39. The van der Waals surface area contributed by atoms with Gasteiger partial charge >= 0.3 is 0 Å². The van der Waals surface area contributed by atoms with E-state index in [9.17, 15) is 4.79 Å². The van der Waals surface area contributed by atoms with E-state index in [0.717, 1.165) is 25.4 Å². The lowest BCUT2D eigenvalue weighted by molar-refractivity contribution is 0.0942. The smallest absolute Gasteiger partial charge is 0.271 e. The summed E-state index contributed by atoms with van der Waals surface area (Å²) in [6, 6.07) is 9.76. The van der Waals surface area contributed by atoms with Crippen LogP contribution < -0.4 is 10.1 Å². The third-order valence-corrected chi connectivity index (χ3v) is 4.39. The average Bonchev–Trinajstić information content (AvgIpc) is 3.13. The van der Waals surface area contributed by atoms with Gasteiger partial charge in [-0.3, -0.25) is 4.79 Å². The first-order chi connectivity index (χ1) is 12.5. The van der Waals surface area contributed by atoms with Crippen LogP contribution in [-0.2, 0) is 6.73 Å². The zero-order valence-electron chi connectivity index (χ0n) is 16.2. The predicted molar refractivity (Wildman–Crippen MR) is 104 cm³/mol. The number of carbonyl (C=O) groups excluding carboxylic acids is 1. The van der Waals surface area contributed by atoms with Gasteiger partial charge in [-0.25, -0.2) is 4.68 Å². The van der Waals surface area contributed by atoms with Crippen LogP contribution in [0.15, 0.2) is 36.5 Å². The maximum absolute atomic E-state index is 12.1. The lowest BCUT2D eigenvalue weighted by atomic mass is 10.0. The second-order valence-corrected chi connectivity index (χ2v) is 6.52. The van der Waals surface area contributed by atoms with Crippen molar-refractivity contribution in [3.63, 3.8) is 0 Å². The number of hydrogen-bond acceptors (Lipinski definition) is 4. The average molecular weight is 358 g/mol. The summed E-state index contributed by atoms with van der Waals surface area (Å²) in [5.41, 5.74) is 1.68. The highest BCUT2D eigenvalue weighted by atomic mass is 16.5. The van der Waals surface area contributed by atoms with Crippen LogP contribution in [0.5, 0.6) is 5.75 Å². The fourth-order valence-electron chi connectivity index (χ4n) is 2.60. The van der Waals surface area contributed by atoms with E-state index in [1.54, 1.807) is 16.9 Å². The van der Waals surface area contributed by atoms with Crippen LogP contribution in [0.3, 0.4) is 0 Å². The number of amides is 1. The molecule has 0 fully saturated rings. The summed E-state index contributed by atoms with van der Waals surface area (Å²) in [4.78, 5) is 14.4. The van der Waals surface area contributed by atoms with Crippen molar-refractivity contribution in [3.05, 3.63) is 47.8 Å². The monoisotopic (exact) mass is 358 g/mol. The standard InChI is InChI=1S/C20H30N4O2/c1-5-23(6-2)14-12-21-20(25)19-11-13-24(22-19)15-26-18-9-7-17(8-10-18)16(3)4/h7-11,13,16H,5-6,12,14-15H2,1-4H3,(H,21,25). The van der Waals surface area contributed by atoms with Crippen molar-refractivity contribution in [3.8, 4) is 5.75 Å². The first-order valence-electron chi connectivity index (χ1n) is 9.30. The molecule has 0 atom stereocenters. The number of benzene rings is 1. The van der Waals surface area contributed by atoms with Crippen molar-refractivity contribution in [1.29, 1.82) is 0 Å². The number of hydrogen-bond donors (Lipinski definition) is 1. The van der Waals surface area contributed by atoms with E-state index in [-0.39, 0.29) is 12.6 Å². The Hall–Kier alpha value is -2.34. The number of rotatable bonds is 10. The summed E-state index contributed by atoms with van der Waals surface area (Å²) >= 11 is 0. The van der Waals surface area contributed by atoms with Crippen LogP contribution in [0.4, 0.5) is 0 Å². The lowest BCUT2D eigenvalue weighted by Crippen LogP contribution is -2.35. The van der Waals surface area contributed by atoms with Gasteiger partial charge in [-0.05, 0) is 42.8 Å². The third kappa shape index (κ3) is 5.88. The molecule has 0 aliphatic carbocycles. The Labute approximate surface area is 156 Å². The zero-order chi connectivity index (χ0) is 18.9. The van der Waals surface area contributed by atoms with E-state index in [0.29, 0.717) is 18.2 Å². The lowest BCUT2D eigenvalue weighted by Gasteiger charge is -2.17. The fraction of sp³-hybridized carbons (Fsp3) is 0.500. The van der Waals surface area contributed by atoms with Crippen LogP contribution in [0.1, 0.15) is 49.7 Å². The molecular weight excluding hydrogens is 328 g/mol. The van der Waals surface area contributed by atoms with Crippen LogP contribution in [0, 0.1) is 0 Å². The van der Waals surface area contributed by atoms with Gasteiger partial charge in [0, 0.05) is 19.3 Å². The van der Waals surface area contributed by atoms with Gasteiger partial charge in [-0.15, -0.1) is 0 Å². The van der Waals surface area contributed by atoms with Gasteiger partial charge in [-0.1, -0.05) is 39.8 Å². The quantitative estimate of drug-likeness (QED) is 0.709. The maximum Gasteiger partial charge on any atom is 0.271 e. The SMILES string of the molecule is CCN(CC)CCNC(=O)c1ccn(COc2ccc(C(C)C)cc2)n1. The molecule has 6 heteroatoms. The molecule has 26 heavy (non-hydrogen) atoms. The molecule has 142 valence electrons. The molecule has 0 aliphatic heterocycles. The van der Waals surface area contributed by atoms with Gasteiger partial charge < -0.3 is 15.0 Å². The summed E-state index contributed by atoms with van der Waals surface area (Å²) < 4.78 is 7.34. The first-order valence-corrected chi connectivity index (χ1v) is 9.30. The summed E-state index contributed by atoms with van der Waals surface area (Å²) in [5.74, 6) is 1.13. The molecule has 0 spiro atoms. The van der Waals surface area contributed by atoms with Crippen LogP contribution >= 0.6 is 0 Å². The molecule has 0 aliphatic rings. The molecule has 0 saturated carbocycles. The Morgan fingerprint density at radius 1 is 1.19 bits per heavy atom. The van der Waals surface area contributed by atoms with Crippen molar-refractivity contribution >= 4 is 5.91 Å². The minimum absolute atomic E-state index is 0.155. The molecule has 0 bridgehead atoms. The van der Waals surface area contributed by atoms with Gasteiger partial charge in [-0.2, -0.15) is 5.10 Å². The van der Waals surface area contributed by atoms with E-state index < -0.39 is 0 Å².